The van der Waals surface area contributed by atoms with Crippen molar-refractivity contribution in [2.24, 2.45) is 0 Å². The molecule has 0 aromatic carbocycles. The number of thioether (sulfide) groups is 1. The van der Waals surface area contributed by atoms with E-state index >= 15 is 0 Å². The molecule has 5 heteroatoms. The Morgan fingerprint density at radius 3 is 2.76 bits per heavy atom. The molecule has 0 aliphatic heterocycles. The average molecular weight is 251 g/mol. The van der Waals surface area contributed by atoms with Crippen molar-refractivity contribution < 1.29 is 14.3 Å². The third-order valence-electron chi connectivity index (χ3n) is 2.27. The number of esters is 1. The van der Waals surface area contributed by atoms with Gasteiger partial charge in [-0.05, 0) is 31.9 Å². The highest BCUT2D eigenvalue weighted by molar-refractivity contribution is 8.00. The van der Waals surface area contributed by atoms with E-state index in [1.165, 1.54) is 19.0 Å². The maximum atomic E-state index is 11.6. The van der Waals surface area contributed by atoms with Gasteiger partial charge in [-0.3, -0.25) is 4.79 Å². The van der Waals surface area contributed by atoms with Crippen LogP contribution in [0.4, 0.5) is 0 Å². The molecule has 0 saturated heterocycles. The quantitative estimate of drug-likeness (QED) is 0.455. The molecule has 1 fully saturated rings. The molecular weight excluding hydrogens is 238 g/mol. The van der Waals surface area contributed by atoms with Gasteiger partial charge in [-0.25, -0.2) is 9.78 Å². The third-order valence-corrected chi connectivity index (χ3v) is 3.56. The molecule has 0 unspecified atom stereocenters. The number of hydrogen-bond acceptors (Lipinski definition) is 5. The number of ether oxygens (including phenoxy) is 1. The van der Waals surface area contributed by atoms with Crippen LogP contribution >= 0.6 is 11.8 Å². The van der Waals surface area contributed by atoms with Gasteiger partial charge in [-0.2, -0.15) is 0 Å². The zero-order valence-corrected chi connectivity index (χ0v) is 10.3. The van der Waals surface area contributed by atoms with Gasteiger partial charge in [0.25, 0.3) is 5.78 Å². The second kappa shape index (κ2) is 5.31. The van der Waals surface area contributed by atoms with Crippen molar-refractivity contribution in [3.05, 3.63) is 23.9 Å². The minimum Gasteiger partial charge on any atom is -0.460 e. The summed E-state index contributed by atoms with van der Waals surface area (Å²) < 4.78 is 4.64. The normalized spacial score (nSPS) is 14.4. The third kappa shape index (κ3) is 3.30. The first-order valence-electron chi connectivity index (χ1n) is 5.55. The van der Waals surface area contributed by atoms with Crippen LogP contribution in [-0.4, -0.2) is 28.6 Å². The SMILES string of the molecule is CCOC(=O)C(=O)c1ccc(SC2CC2)nc1. The number of aromatic nitrogens is 1. The van der Waals surface area contributed by atoms with Gasteiger partial charge in [0.2, 0.25) is 0 Å². The average Bonchev–Trinajstić information content (AvgIpc) is 3.13. The number of ketones is 1. The lowest BCUT2D eigenvalue weighted by molar-refractivity contribution is -0.137. The minimum atomic E-state index is -0.822. The lowest BCUT2D eigenvalue weighted by Crippen LogP contribution is -2.17. The van der Waals surface area contributed by atoms with Crippen LogP contribution in [0, 0.1) is 0 Å². The fourth-order valence-electron chi connectivity index (χ4n) is 1.26. The fourth-order valence-corrected chi connectivity index (χ4v) is 2.23. The van der Waals surface area contributed by atoms with E-state index in [9.17, 15) is 9.59 Å². The van der Waals surface area contributed by atoms with E-state index in [2.05, 4.69) is 9.72 Å². The van der Waals surface area contributed by atoms with Gasteiger partial charge in [-0.1, -0.05) is 0 Å². The molecule has 2 rings (SSSR count). The molecule has 1 heterocycles. The molecule has 1 aliphatic carbocycles. The number of nitrogens with zero attached hydrogens (tertiary/aromatic N) is 1. The molecule has 0 bridgehead atoms. The van der Waals surface area contributed by atoms with E-state index in [0.29, 0.717) is 5.25 Å². The first-order chi connectivity index (χ1) is 8.20. The highest BCUT2D eigenvalue weighted by Gasteiger charge is 2.23. The Labute approximate surface area is 104 Å². The Morgan fingerprint density at radius 1 is 1.47 bits per heavy atom. The van der Waals surface area contributed by atoms with Crippen molar-refractivity contribution in [1.82, 2.24) is 4.98 Å². The summed E-state index contributed by atoms with van der Waals surface area (Å²) >= 11 is 1.71. The Balaban J connectivity index is 2.00. The number of hydrogen-bond donors (Lipinski definition) is 0. The Hall–Kier alpha value is -1.36. The lowest BCUT2D eigenvalue weighted by Gasteiger charge is -2.02. The van der Waals surface area contributed by atoms with E-state index in [1.54, 1.807) is 30.8 Å². The van der Waals surface area contributed by atoms with Crippen molar-refractivity contribution >= 4 is 23.5 Å². The maximum absolute atomic E-state index is 11.6. The number of carbonyl (C=O) groups excluding carboxylic acids is 2. The molecular formula is C12H13NO3S. The topological polar surface area (TPSA) is 56.3 Å². The van der Waals surface area contributed by atoms with Gasteiger partial charge in [0, 0.05) is 17.0 Å². The number of Topliss-reactive ketones (excluding diaryl/α,β-unsaturated/α-hetero) is 1. The molecule has 0 N–H and O–H groups in total. The van der Waals surface area contributed by atoms with Crippen molar-refractivity contribution in [1.29, 1.82) is 0 Å². The molecule has 90 valence electrons. The Kier molecular flexibility index (Phi) is 3.78. The summed E-state index contributed by atoms with van der Waals surface area (Å²) in [5, 5.41) is 1.57. The second-order valence-electron chi connectivity index (χ2n) is 3.75. The molecule has 1 saturated carbocycles. The van der Waals surface area contributed by atoms with E-state index < -0.39 is 11.8 Å². The molecule has 0 atom stereocenters. The highest BCUT2D eigenvalue weighted by atomic mass is 32.2. The van der Waals surface area contributed by atoms with Gasteiger partial charge in [0.05, 0.1) is 11.6 Å². The van der Waals surface area contributed by atoms with Gasteiger partial charge in [-0.15, -0.1) is 11.8 Å². The predicted octanol–water partition coefficient (Wildman–Crippen LogP) is 2.08. The number of rotatable bonds is 5. The molecule has 1 aliphatic rings. The summed E-state index contributed by atoms with van der Waals surface area (Å²) in [6.45, 7) is 1.87. The minimum absolute atomic E-state index is 0.202. The van der Waals surface area contributed by atoms with Crippen LogP contribution < -0.4 is 0 Å². The molecule has 1 aromatic heterocycles. The van der Waals surface area contributed by atoms with Crippen LogP contribution in [0.5, 0.6) is 0 Å². The molecule has 4 nitrogen and oxygen atoms in total. The van der Waals surface area contributed by atoms with E-state index in [-0.39, 0.29) is 12.2 Å². The van der Waals surface area contributed by atoms with Gasteiger partial charge < -0.3 is 4.74 Å². The number of pyridine rings is 1. The van der Waals surface area contributed by atoms with Gasteiger partial charge >= 0.3 is 5.97 Å². The summed E-state index contributed by atoms with van der Waals surface area (Å²) in [6.07, 6.45) is 3.90. The van der Waals surface area contributed by atoms with Crippen LogP contribution in [0.15, 0.2) is 23.4 Å². The summed E-state index contributed by atoms with van der Waals surface area (Å²) in [5.74, 6) is -1.46. The predicted molar refractivity (Wildman–Crippen MR) is 64.1 cm³/mol. The molecule has 0 amide bonds. The van der Waals surface area contributed by atoms with E-state index in [1.807, 2.05) is 0 Å². The Bertz CT molecular complexity index is 426. The summed E-state index contributed by atoms with van der Waals surface area (Å²) in [7, 11) is 0. The van der Waals surface area contributed by atoms with Crippen molar-refractivity contribution in [2.45, 2.75) is 30.0 Å². The van der Waals surface area contributed by atoms with Gasteiger partial charge in [0.1, 0.15) is 0 Å². The summed E-state index contributed by atoms with van der Waals surface area (Å²) in [4.78, 5) is 26.9. The molecule has 1 aromatic rings. The maximum Gasteiger partial charge on any atom is 0.379 e. The smallest absolute Gasteiger partial charge is 0.379 e. The second-order valence-corrected chi connectivity index (χ2v) is 5.07. The fraction of sp³-hybridized carbons (Fsp3) is 0.417. The summed E-state index contributed by atoms with van der Waals surface area (Å²) in [5.41, 5.74) is 0.281. The first kappa shape index (κ1) is 12.1. The number of carbonyl (C=O) groups is 2. The summed E-state index contributed by atoms with van der Waals surface area (Å²) in [6, 6.07) is 3.40. The lowest BCUT2D eigenvalue weighted by atomic mass is 10.2. The van der Waals surface area contributed by atoms with Gasteiger partial charge in [0.15, 0.2) is 0 Å². The zero-order valence-electron chi connectivity index (χ0n) is 9.51. The van der Waals surface area contributed by atoms with Crippen LogP contribution in [-0.2, 0) is 9.53 Å². The van der Waals surface area contributed by atoms with Crippen LogP contribution in [0.1, 0.15) is 30.1 Å². The van der Waals surface area contributed by atoms with Crippen LogP contribution in [0.2, 0.25) is 0 Å². The Morgan fingerprint density at radius 2 is 2.24 bits per heavy atom. The highest BCUT2D eigenvalue weighted by Crippen LogP contribution is 2.38. The van der Waals surface area contributed by atoms with E-state index in [4.69, 9.17) is 0 Å². The molecule has 17 heavy (non-hydrogen) atoms. The first-order valence-corrected chi connectivity index (χ1v) is 6.43. The van der Waals surface area contributed by atoms with E-state index in [0.717, 1.165) is 5.03 Å². The van der Waals surface area contributed by atoms with Crippen LogP contribution in [0.25, 0.3) is 0 Å². The molecule has 0 radical (unpaired) electrons. The van der Waals surface area contributed by atoms with Crippen LogP contribution in [0.3, 0.4) is 0 Å². The molecule has 0 spiro atoms. The van der Waals surface area contributed by atoms with Crippen molar-refractivity contribution in [3.63, 3.8) is 0 Å². The largest absolute Gasteiger partial charge is 0.460 e. The standard InChI is InChI=1S/C12H13NO3S/c1-2-16-12(15)11(14)8-3-6-10(13-7-8)17-9-4-5-9/h3,6-7,9H,2,4-5H2,1H3. The van der Waals surface area contributed by atoms with Crippen molar-refractivity contribution in [2.75, 3.05) is 6.61 Å². The van der Waals surface area contributed by atoms with Crippen molar-refractivity contribution in [3.8, 4) is 0 Å². The monoisotopic (exact) mass is 251 g/mol. The zero-order chi connectivity index (χ0) is 12.3.